The average molecular weight is 277 g/mol. The SMILES string of the molecule is c1ccc(CC(NCc2ncc[nH]2)c2ccccc2)cc1. The summed E-state index contributed by atoms with van der Waals surface area (Å²) in [6.45, 7) is 0.736. The summed E-state index contributed by atoms with van der Waals surface area (Å²) in [5.74, 6) is 0.962. The average Bonchev–Trinajstić information content (AvgIpc) is 3.07. The van der Waals surface area contributed by atoms with Crippen LogP contribution in [0.1, 0.15) is 23.0 Å². The van der Waals surface area contributed by atoms with Gasteiger partial charge in [0.2, 0.25) is 0 Å². The lowest BCUT2D eigenvalue weighted by atomic mass is 9.99. The minimum absolute atomic E-state index is 0.277. The van der Waals surface area contributed by atoms with Gasteiger partial charge in [-0.3, -0.25) is 0 Å². The molecule has 1 aromatic heterocycles. The van der Waals surface area contributed by atoms with E-state index >= 15 is 0 Å². The summed E-state index contributed by atoms with van der Waals surface area (Å²) in [5, 5.41) is 3.59. The molecule has 0 radical (unpaired) electrons. The molecule has 0 saturated heterocycles. The van der Waals surface area contributed by atoms with Crippen LogP contribution in [-0.4, -0.2) is 9.97 Å². The second-order valence-corrected chi connectivity index (χ2v) is 5.07. The number of nitrogens with one attached hydrogen (secondary N) is 2. The van der Waals surface area contributed by atoms with E-state index in [9.17, 15) is 0 Å². The van der Waals surface area contributed by atoms with Crippen molar-refractivity contribution >= 4 is 0 Å². The van der Waals surface area contributed by atoms with Crippen LogP contribution in [0.2, 0.25) is 0 Å². The number of aromatic nitrogens is 2. The number of hydrogen-bond acceptors (Lipinski definition) is 2. The van der Waals surface area contributed by atoms with Gasteiger partial charge in [0, 0.05) is 18.4 Å². The molecule has 0 saturated carbocycles. The molecule has 0 aliphatic carbocycles. The maximum atomic E-state index is 4.27. The maximum Gasteiger partial charge on any atom is 0.120 e. The summed E-state index contributed by atoms with van der Waals surface area (Å²) in [5.41, 5.74) is 2.63. The van der Waals surface area contributed by atoms with E-state index in [0.717, 1.165) is 18.8 Å². The van der Waals surface area contributed by atoms with Crippen molar-refractivity contribution in [2.45, 2.75) is 19.0 Å². The minimum atomic E-state index is 0.277. The number of benzene rings is 2. The first kappa shape index (κ1) is 13.6. The molecule has 1 heterocycles. The zero-order valence-electron chi connectivity index (χ0n) is 11.9. The van der Waals surface area contributed by atoms with E-state index in [0.29, 0.717) is 0 Å². The standard InChI is InChI=1S/C18H19N3/c1-3-7-15(8-4-1)13-17(16-9-5-2-6-10-16)21-14-18-19-11-12-20-18/h1-12,17,21H,13-14H2,(H,19,20). The predicted molar refractivity (Wildman–Crippen MR) is 84.8 cm³/mol. The molecule has 21 heavy (non-hydrogen) atoms. The highest BCUT2D eigenvalue weighted by Gasteiger charge is 2.12. The van der Waals surface area contributed by atoms with Crippen molar-refractivity contribution in [3.63, 3.8) is 0 Å². The Kier molecular flexibility index (Phi) is 4.44. The van der Waals surface area contributed by atoms with Crippen LogP contribution in [0.4, 0.5) is 0 Å². The monoisotopic (exact) mass is 277 g/mol. The van der Waals surface area contributed by atoms with E-state index in [1.165, 1.54) is 11.1 Å². The van der Waals surface area contributed by atoms with Crippen molar-refractivity contribution in [1.82, 2.24) is 15.3 Å². The second-order valence-electron chi connectivity index (χ2n) is 5.07. The zero-order valence-corrected chi connectivity index (χ0v) is 11.9. The van der Waals surface area contributed by atoms with E-state index in [-0.39, 0.29) is 6.04 Å². The Labute approximate surface area is 125 Å². The first-order valence-corrected chi connectivity index (χ1v) is 7.22. The number of aromatic amines is 1. The van der Waals surface area contributed by atoms with Crippen LogP contribution in [0.3, 0.4) is 0 Å². The van der Waals surface area contributed by atoms with Crippen LogP contribution in [-0.2, 0) is 13.0 Å². The lowest BCUT2D eigenvalue weighted by Gasteiger charge is -2.19. The second kappa shape index (κ2) is 6.86. The van der Waals surface area contributed by atoms with Crippen molar-refractivity contribution < 1.29 is 0 Å². The smallest absolute Gasteiger partial charge is 0.120 e. The van der Waals surface area contributed by atoms with Crippen LogP contribution in [0, 0.1) is 0 Å². The Morgan fingerprint density at radius 2 is 1.67 bits per heavy atom. The fourth-order valence-electron chi connectivity index (χ4n) is 2.46. The first-order chi connectivity index (χ1) is 10.4. The largest absolute Gasteiger partial charge is 0.348 e. The molecule has 0 aliphatic rings. The van der Waals surface area contributed by atoms with Gasteiger partial charge in [-0.25, -0.2) is 4.98 Å². The number of hydrogen-bond donors (Lipinski definition) is 2. The molecule has 1 atom stereocenters. The topological polar surface area (TPSA) is 40.7 Å². The molecule has 2 N–H and O–H groups in total. The van der Waals surface area contributed by atoms with Gasteiger partial charge in [0.05, 0.1) is 6.54 Å². The summed E-state index contributed by atoms with van der Waals surface area (Å²) in [6.07, 6.45) is 4.60. The molecule has 0 aliphatic heterocycles. The van der Waals surface area contributed by atoms with Crippen molar-refractivity contribution in [3.8, 4) is 0 Å². The van der Waals surface area contributed by atoms with Crippen molar-refractivity contribution in [1.29, 1.82) is 0 Å². The van der Waals surface area contributed by atoms with Gasteiger partial charge in [-0.1, -0.05) is 60.7 Å². The molecule has 0 spiro atoms. The summed E-state index contributed by atoms with van der Waals surface area (Å²) >= 11 is 0. The number of rotatable bonds is 6. The normalized spacial score (nSPS) is 12.2. The van der Waals surface area contributed by atoms with Crippen LogP contribution >= 0.6 is 0 Å². The van der Waals surface area contributed by atoms with Gasteiger partial charge >= 0.3 is 0 Å². The van der Waals surface area contributed by atoms with Gasteiger partial charge in [-0.15, -0.1) is 0 Å². The Balaban J connectivity index is 1.74. The van der Waals surface area contributed by atoms with E-state index < -0.39 is 0 Å². The molecular weight excluding hydrogens is 258 g/mol. The van der Waals surface area contributed by atoms with Gasteiger partial charge in [0.1, 0.15) is 5.82 Å². The molecule has 0 amide bonds. The van der Waals surface area contributed by atoms with Crippen molar-refractivity contribution in [3.05, 3.63) is 90.0 Å². The molecule has 0 bridgehead atoms. The number of imidazole rings is 1. The third-order valence-electron chi connectivity index (χ3n) is 3.56. The molecular formula is C18H19N3. The lowest BCUT2D eigenvalue weighted by molar-refractivity contribution is 0.521. The molecule has 3 aromatic rings. The van der Waals surface area contributed by atoms with E-state index in [1.807, 2.05) is 6.20 Å². The van der Waals surface area contributed by atoms with Crippen molar-refractivity contribution in [2.24, 2.45) is 0 Å². The van der Waals surface area contributed by atoms with E-state index in [4.69, 9.17) is 0 Å². The lowest BCUT2D eigenvalue weighted by Crippen LogP contribution is -2.23. The third kappa shape index (κ3) is 3.80. The molecule has 1 unspecified atom stereocenters. The highest BCUT2D eigenvalue weighted by Crippen LogP contribution is 2.18. The van der Waals surface area contributed by atoms with E-state index in [2.05, 4.69) is 75.9 Å². The highest BCUT2D eigenvalue weighted by atomic mass is 15.0. The fraction of sp³-hybridized carbons (Fsp3) is 0.167. The summed E-state index contributed by atoms with van der Waals surface area (Å²) in [6, 6.07) is 21.4. The van der Waals surface area contributed by atoms with Crippen molar-refractivity contribution in [2.75, 3.05) is 0 Å². The molecule has 2 aromatic carbocycles. The van der Waals surface area contributed by atoms with Crippen LogP contribution in [0.25, 0.3) is 0 Å². The first-order valence-electron chi connectivity index (χ1n) is 7.22. The Bertz CT molecular complexity index is 633. The Hall–Kier alpha value is -2.39. The third-order valence-corrected chi connectivity index (χ3v) is 3.56. The summed E-state index contributed by atoms with van der Waals surface area (Å²) in [4.78, 5) is 7.41. The summed E-state index contributed by atoms with van der Waals surface area (Å²) < 4.78 is 0. The van der Waals surface area contributed by atoms with Gasteiger partial charge in [0.25, 0.3) is 0 Å². The van der Waals surface area contributed by atoms with E-state index in [1.54, 1.807) is 6.20 Å². The van der Waals surface area contributed by atoms with Crippen LogP contribution in [0.15, 0.2) is 73.1 Å². The molecule has 3 nitrogen and oxygen atoms in total. The van der Waals surface area contributed by atoms with Gasteiger partial charge in [-0.05, 0) is 17.5 Å². The van der Waals surface area contributed by atoms with Crippen LogP contribution in [0.5, 0.6) is 0 Å². The molecule has 3 rings (SSSR count). The maximum absolute atomic E-state index is 4.27. The van der Waals surface area contributed by atoms with Gasteiger partial charge in [-0.2, -0.15) is 0 Å². The zero-order chi connectivity index (χ0) is 14.3. The molecule has 3 heteroatoms. The van der Waals surface area contributed by atoms with Gasteiger partial charge in [0.15, 0.2) is 0 Å². The highest BCUT2D eigenvalue weighted by molar-refractivity contribution is 5.23. The Morgan fingerprint density at radius 3 is 2.33 bits per heavy atom. The molecule has 106 valence electrons. The fourth-order valence-corrected chi connectivity index (χ4v) is 2.46. The predicted octanol–water partition coefficient (Wildman–Crippen LogP) is 3.48. The molecule has 0 fully saturated rings. The number of H-pyrrole nitrogens is 1. The van der Waals surface area contributed by atoms with Crippen LogP contribution < -0.4 is 5.32 Å². The Morgan fingerprint density at radius 1 is 0.952 bits per heavy atom. The van der Waals surface area contributed by atoms with Gasteiger partial charge < -0.3 is 10.3 Å². The quantitative estimate of drug-likeness (QED) is 0.724. The summed E-state index contributed by atoms with van der Waals surface area (Å²) in [7, 11) is 0. The number of nitrogens with zero attached hydrogens (tertiary/aromatic N) is 1. The minimum Gasteiger partial charge on any atom is -0.348 e.